The Kier molecular flexibility index (Phi) is 6.98. The summed E-state index contributed by atoms with van der Waals surface area (Å²) in [4.78, 5) is 12.7. The first-order chi connectivity index (χ1) is 18.2. The van der Waals surface area contributed by atoms with Gasteiger partial charge >= 0.3 is 6.18 Å². The van der Waals surface area contributed by atoms with Gasteiger partial charge in [-0.15, -0.1) is 10.2 Å². The average molecular weight is 521 g/mol. The summed E-state index contributed by atoms with van der Waals surface area (Å²) in [6.45, 7) is 5.60. The summed E-state index contributed by atoms with van der Waals surface area (Å²) in [5.74, 6) is 0.346. The van der Waals surface area contributed by atoms with E-state index >= 15 is 0 Å². The summed E-state index contributed by atoms with van der Waals surface area (Å²) in [6.07, 6.45) is -0.0670. The highest BCUT2D eigenvalue weighted by Crippen LogP contribution is 2.39. The van der Waals surface area contributed by atoms with Crippen molar-refractivity contribution in [3.63, 3.8) is 0 Å². The number of piperidine rings is 1. The first-order valence-corrected chi connectivity index (χ1v) is 12.2. The summed E-state index contributed by atoms with van der Waals surface area (Å²) in [7, 11) is 4.09. The molecule has 0 N–H and O–H groups in total. The summed E-state index contributed by atoms with van der Waals surface area (Å²) >= 11 is 0. The van der Waals surface area contributed by atoms with Gasteiger partial charge in [-0.3, -0.25) is 4.98 Å². The average Bonchev–Trinajstić information content (AvgIpc) is 3.43. The molecule has 0 saturated carbocycles. The number of aromatic nitrogens is 4. The number of rotatable bonds is 6. The number of hydrogen-bond acceptors (Lipinski definition) is 7. The Morgan fingerprint density at radius 2 is 1.66 bits per heavy atom. The molecule has 38 heavy (non-hydrogen) atoms. The summed E-state index contributed by atoms with van der Waals surface area (Å²) in [5.41, 5.74) is 1.08. The van der Waals surface area contributed by atoms with Crippen molar-refractivity contribution in [3.8, 4) is 34.3 Å². The van der Waals surface area contributed by atoms with E-state index in [2.05, 4.69) is 36.5 Å². The molecule has 2 aromatic carbocycles. The Morgan fingerprint density at radius 1 is 0.974 bits per heavy atom. The van der Waals surface area contributed by atoms with Gasteiger partial charge in [-0.1, -0.05) is 36.9 Å². The molecule has 4 aromatic rings. The fourth-order valence-corrected chi connectivity index (χ4v) is 4.64. The molecule has 0 unspecified atom stereocenters. The van der Waals surface area contributed by atoms with Crippen molar-refractivity contribution in [2.24, 2.45) is 0 Å². The molecule has 0 bridgehead atoms. The summed E-state index contributed by atoms with van der Waals surface area (Å²) in [6, 6.07) is 13.8. The predicted molar refractivity (Wildman–Crippen MR) is 139 cm³/mol. The van der Waals surface area contributed by atoms with Gasteiger partial charge in [0.1, 0.15) is 5.69 Å². The highest BCUT2D eigenvalue weighted by atomic mass is 19.4. The Bertz CT molecular complexity index is 1430. The molecule has 0 spiro atoms. The Morgan fingerprint density at radius 3 is 2.34 bits per heavy atom. The fourth-order valence-electron chi connectivity index (χ4n) is 4.64. The molecule has 196 valence electrons. The van der Waals surface area contributed by atoms with Crippen molar-refractivity contribution in [1.82, 2.24) is 30.0 Å². The van der Waals surface area contributed by atoms with Crippen LogP contribution in [-0.4, -0.2) is 63.2 Å². The molecule has 1 fully saturated rings. The Labute approximate surface area is 218 Å². The van der Waals surface area contributed by atoms with Crippen LogP contribution in [0.3, 0.4) is 0 Å². The minimum Gasteiger partial charge on any atom is -0.415 e. The van der Waals surface area contributed by atoms with Crippen LogP contribution in [-0.2, 0) is 6.18 Å². The van der Waals surface area contributed by atoms with Crippen LogP contribution >= 0.6 is 0 Å². The van der Waals surface area contributed by atoms with Crippen LogP contribution in [0.25, 0.3) is 40.0 Å². The zero-order valence-electron chi connectivity index (χ0n) is 21.1. The summed E-state index contributed by atoms with van der Waals surface area (Å²) < 4.78 is 48.4. The molecule has 1 aliphatic heterocycles. The number of alkyl halides is 3. The van der Waals surface area contributed by atoms with Gasteiger partial charge in [0.2, 0.25) is 5.89 Å². The highest BCUT2D eigenvalue weighted by Gasteiger charge is 2.35. The van der Waals surface area contributed by atoms with E-state index in [1.807, 2.05) is 44.4 Å². The SMILES string of the molecule is C=C(c1ccc(-c2cncc(-c3nnc(-c4ccccc4)o3)n2)c(C(F)(F)F)c1)N1CCC(N(C)C)CC1. The summed E-state index contributed by atoms with van der Waals surface area (Å²) in [5, 5.41) is 8.04. The van der Waals surface area contributed by atoms with E-state index in [-0.39, 0.29) is 28.7 Å². The standard InChI is InChI=1S/C28H27F3N6O/c1-18(37-13-11-21(12-14-37)36(2)3)20-9-10-22(23(15-20)28(29,30)31)24-16-32-17-25(33-24)27-35-34-26(38-27)19-7-5-4-6-8-19/h4-10,15-17,21H,1,11-14H2,2-3H3. The van der Waals surface area contributed by atoms with Gasteiger partial charge in [0.25, 0.3) is 5.89 Å². The molecule has 10 heteroatoms. The van der Waals surface area contributed by atoms with E-state index in [0.717, 1.165) is 37.6 Å². The maximum absolute atomic E-state index is 14.2. The van der Waals surface area contributed by atoms with Gasteiger partial charge in [-0.25, -0.2) is 4.98 Å². The molecular weight excluding hydrogens is 493 g/mol. The number of likely N-dealkylation sites (tertiary alicyclic amines) is 1. The number of halogens is 3. The number of hydrogen-bond donors (Lipinski definition) is 0. The van der Waals surface area contributed by atoms with Gasteiger partial charge in [0, 0.05) is 36.0 Å². The monoisotopic (exact) mass is 520 g/mol. The normalized spacial score (nSPS) is 14.7. The van der Waals surface area contributed by atoms with Crippen molar-refractivity contribution >= 4 is 5.70 Å². The topological polar surface area (TPSA) is 71.2 Å². The largest absolute Gasteiger partial charge is 0.417 e. The quantitative estimate of drug-likeness (QED) is 0.315. The van der Waals surface area contributed by atoms with Crippen LogP contribution in [0, 0.1) is 0 Å². The van der Waals surface area contributed by atoms with Crippen LogP contribution < -0.4 is 0 Å². The fraction of sp³-hybridized carbons (Fsp3) is 0.286. The van der Waals surface area contributed by atoms with Gasteiger partial charge < -0.3 is 14.2 Å². The third-order valence-electron chi connectivity index (χ3n) is 6.81. The highest BCUT2D eigenvalue weighted by molar-refractivity contribution is 5.71. The van der Waals surface area contributed by atoms with Crippen LogP contribution in [0.1, 0.15) is 24.0 Å². The molecule has 2 aromatic heterocycles. The Hall–Kier alpha value is -4.05. The van der Waals surface area contributed by atoms with Gasteiger partial charge in [-0.2, -0.15) is 13.2 Å². The molecule has 0 amide bonds. The second-order valence-electron chi connectivity index (χ2n) is 9.45. The molecule has 0 aliphatic carbocycles. The van der Waals surface area contributed by atoms with E-state index in [1.54, 1.807) is 6.07 Å². The van der Waals surface area contributed by atoms with E-state index in [4.69, 9.17) is 4.42 Å². The zero-order valence-corrected chi connectivity index (χ0v) is 21.1. The van der Waals surface area contributed by atoms with Crippen molar-refractivity contribution in [3.05, 3.63) is 78.6 Å². The lowest BCUT2D eigenvalue weighted by Gasteiger charge is -2.37. The number of benzene rings is 2. The minimum atomic E-state index is -4.60. The van der Waals surface area contributed by atoms with E-state index in [9.17, 15) is 13.2 Å². The lowest BCUT2D eigenvalue weighted by molar-refractivity contribution is -0.137. The predicted octanol–water partition coefficient (Wildman–Crippen LogP) is 5.88. The van der Waals surface area contributed by atoms with E-state index < -0.39 is 11.7 Å². The Balaban J connectivity index is 1.44. The van der Waals surface area contributed by atoms with Gasteiger partial charge in [-0.05, 0) is 50.7 Å². The molecule has 3 heterocycles. The van der Waals surface area contributed by atoms with E-state index in [1.165, 1.54) is 18.5 Å². The third-order valence-corrected chi connectivity index (χ3v) is 6.81. The molecule has 7 nitrogen and oxygen atoms in total. The molecule has 0 radical (unpaired) electrons. The second kappa shape index (κ2) is 10.4. The second-order valence-corrected chi connectivity index (χ2v) is 9.45. The van der Waals surface area contributed by atoms with Crippen molar-refractivity contribution in [2.75, 3.05) is 27.2 Å². The van der Waals surface area contributed by atoms with Crippen LogP contribution in [0.2, 0.25) is 0 Å². The molecule has 5 rings (SSSR count). The van der Waals surface area contributed by atoms with Crippen LogP contribution in [0.4, 0.5) is 13.2 Å². The molecular formula is C28H27F3N6O. The molecule has 0 atom stereocenters. The van der Waals surface area contributed by atoms with Gasteiger partial charge in [0.15, 0.2) is 0 Å². The lowest BCUT2D eigenvalue weighted by Crippen LogP contribution is -2.40. The maximum atomic E-state index is 14.2. The van der Waals surface area contributed by atoms with Crippen molar-refractivity contribution in [2.45, 2.75) is 25.1 Å². The van der Waals surface area contributed by atoms with Crippen molar-refractivity contribution in [1.29, 1.82) is 0 Å². The van der Waals surface area contributed by atoms with Gasteiger partial charge in [0.05, 0.1) is 23.7 Å². The maximum Gasteiger partial charge on any atom is 0.417 e. The van der Waals surface area contributed by atoms with Crippen LogP contribution in [0.5, 0.6) is 0 Å². The third kappa shape index (κ3) is 5.31. The van der Waals surface area contributed by atoms with E-state index in [0.29, 0.717) is 17.3 Å². The zero-order chi connectivity index (χ0) is 26.9. The number of nitrogens with zero attached hydrogens (tertiary/aromatic N) is 6. The first kappa shape index (κ1) is 25.6. The van der Waals surface area contributed by atoms with Crippen LogP contribution in [0.15, 0.2) is 71.9 Å². The smallest absolute Gasteiger partial charge is 0.415 e. The molecule has 1 aliphatic rings. The van der Waals surface area contributed by atoms with Crippen molar-refractivity contribution < 1.29 is 17.6 Å². The minimum absolute atomic E-state index is 0.0539. The first-order valence-electron chi connectivity index (χ1n) is 12.2. The lowest BCUT2D eigenvalue weighted by atomic mass is 9.97. The molecule has 1 saturated heterocycles.